The first-order chi connectivity index (χ1) is 12.3. The summed E-state index contributed by atoms with van der Waals surface area (Å²) in [6.07, 6.45) is 5.52. The minimum atomic E-state index is -3.00. The Balaban J connectivity index is 1.56. The van der Waals surface area contributed by atoms with Gasteiger partial charge in [-0.1, -0.05) is 12.1 Å². The molecule has 1 aliphatic carbocycles. The molecule has 3 rings (SSSR count). The Bertz CT molecular complexity index is 881. The van der Waals surface area contributed by atoms with E-state index in [1.54, 1.807) is 20.0 Å². The lowest BCUT2D eigenvalue weighted by Gasteiger charge is -2.28. The van der Waals surface area contributed by atoms with Crippen molar-refractivity contribution in [3.05, 3.63) is 42.1 Å². The zero-order chi connectivity index (χ0) is 18.7. The third-order valence-corrected chi connectivity index (χ3v) is 7.91. The second kappa shape index (κ2) is 7.87. The SMILES string of the molecule is CC(C)S(=O)(=O)CC1CCC(C(=O)Cc2ccc3ncccc3c2)CC1. The lowest BCUT2D eigenvalue weighted by molar-refractivity contribution is -0.123. The highest BCUT2D eigenvalue weighted by molar-refractivity contribution is 7.91. The summed E-state index contributed by atoms with van der Waals surface area (Å²) in [7, 11) is -3.00. The number of pyridine rings is 1. The highest BCUT2D eigenvalue weighted by Crippen LogP contribution is 2.31. The minimum Gasteiger partial charge on any atom is -0.299 e. The second-order valence-corrected chi connectivity index (χ2v) is 10.4. The van der Waals surface area contributed by atoms with E-state index in [-0.39, 0.29) is 28.6 Å². The Morgan fingerprint density at radius 1 is 1.15 bits per heavy atom. The number of carbonyl (C=O) groups is 1. The standard InChI is InChI=1S/C21H27NO3S/c1-15(2)26(24,25)14-16-5-8-18(9-6-16)21(23)13-17-7-10-20-19(12-17)4-3-11-22-20/h3-4,7,10-12,15-16,18H,5-6,8-9,13-14H2,1-2H3. The van der Waals surface area contributed by atoms with E-state index in [1.165, 1.54) is 0 Å². The van der Waals surface area contributed by atoms with Crippen LogP contribution in [0.1, 0.15) is 45.1 Å². The van der Waals surface area contributed by atoms with Gasteiger partial charge in [-0.05, 0) is 69.2 Å². The highest BCUT2D eigenvalue weighted by Gasteiger charge is 2.29. The fourth-order valence-electron chi connectivity index (χ4n) is 3.75. The maximum Gasteiger partial charge on any atom is 0.152 e. The zero-order valence-corrected chi connectivity index (χ0v) is 16.3. The average Bonchev–Trinajstić information content (AvgIpc) is 2.61. The molecule has 0 atom stereocenters. The molecule has 0 N–H and O–H groups in total. The van der Waals surface area contributed by atoms with Gasteiger partial charge in [-0.3, -0.25) is 9.78 Å². The predicted octanol–water partition coefficient (Wildman–Crippen LogP) is 3.98. The Kier molecular flexibility index (Phi) is 5.76. The van der Waals surface area contributed by atoms with Gasteiger partial charge in [0.2, 0.25) is 0 Å². The molecule has 0 saturated heterocycles. The van der Waals surface area contributed by atoms with Gasteiger partial charge in [-0.25, -0.2) is 8.42 Å². The molecule has 0 amide bonds. The van der Waals surface area contributed by atoms with Crippen LogP contribution in [0, 0.1) is 11.8 Å². The molecule has 140 valence electrons. The van der Waals surface area contributed by atoms with Crippen molar-refractivity contribution in [1.82, 2.24) is 4.98 Å². The van der Waals surface area contributed by atoms with Crippen LogP contribution in [0.5, 0.6) is 0 Å². The number of sulfone groups is 1. The minimum absolute atomic E-state index is 0.0672. The highest BCUT2D eigenvalue weighted by atomic mass is 32.2. The van der Waals surface area contributed by atoms with Gasteiger partial charge in [0.25, 0.3) is 0 Å². The van der Waals surface area contributed by atoms with Gasteiger partial charge in [-0.2, -0.15) is 0 Å². The summed E-state index contributed by atoms with van der Waals surface area (Å²) in [6.45, 7) is 3.48. The molecule has 0 bridgehead atoms. The van der Waals surface area contributed by atoms with Crippen molar-refractivity contribution in [1.29, 1.82) is 0 Å². The van der Waals surface area contributed by atoms with Crippen LogP contribution in [0.4, 0.5) is 0 Å². The third-order valence-electron chi connectivity index (χ3n) is 5.53. The molecule has 26 heavy (non-hydrogen) atoms. The quantitative estimate of drug-likeness (QED) is 0.768. The first-order valence-corrected chi connectivity index (χ1v) is 11.1. The summed E-state index contributed by atoms with van der Waals surface area (Å²) in [5, 5.41) is 0.740. The molecule has 0 aliphatic heterocycles. The molecular weight excluding hydrogens is 346 g/mol. The predicted molar refractivity (Wildman–Crippen MR) is 105 cm³/mol. The summed E-state index contributed by atoms with van der Waals surface area (Å²) in [4.78, 5) is 17.0. The van der Waals surface area contributed by atoms with Crippen molar-refractivity contribution in [2.24, 2.45) is 11.8 Å². The van der Waals surface area contributed by atoms with Crippen LogP contribution in [-0.4, -0.2) is 30.2 Å². The number of fused-ring (bicyclic) bond motifs is 1. The largest absolute Gasteiger partial charge is 0.299 e. The van der Waals surface area contributed by atoms with Crippen LogP contribution in [0.2, 0.25) is 0 Å². The lowest BCUT2D eigenvalue weighted by atomic mass is 9.79. The van der Waals surface area contributed by atoms with E-state index in [9.17, 15) is 13.2 Å². The van der Waals surface area contributed by atoms with Gasteiger partial charge in [0.1, 0.15) is 5.78 Å². The fourth-order valence-corrected chi connectivity index (χ4v) is 5.13. The number of nitrogens with zero attached hydrogens (tertiary/aromatic N) is 1. The molecule has 0 radical (unpaired) electrons. The van der Waals surface area contributed by atoms with Crippen LogP contribution < -0.4 is 0 Å². The Morgan fingerprint density at radius 3 is 2.58 bits per heavy atom. The fraction of sp³-hybridized carbons (Fsp3) is 0.524. The molecule has 1 aromatic carbocycles. The first-order valence-electron chi connectivity index (χ1n) is 9.43. The summed E-state index contributed by atoms with van der Waals surface area (Å²) in [5.41, 5.74) is 1.97. The van der Waals surface area contributed by atoms with Crippen LogP contribution in [0.3, 0.4) is 0 Å². The molecule has 0 unspecified atom stereocenters. The number of hydrogen-bond acceptors (Lipinski definition) is 4. The third kappa shape index (κ3) is 4.50. The lowest BCUT2D eigenvalue weighted by Crippen LogP contribution is -2.29. The first kappa shape index (κ1) is 19.0. The molecule has 4 nitrogen and oxygen atoms in total. The van der Waals surface area contributed by atoms with E-state index in [2.05, 4.69) is 4.98 Å². The maximum atomic E-state index is 12.7. The number of carbonyl (C=O) groups excluding carboxylic acids is 1. The van der Waals surface area contributed by atoms with Crippen LogP contribution in [-0.2, 0) is 21.1 Å². The van der Waals surface area contributed by atoms with Crippen molar-refractivity contribution in [3.63, 3.8) is 0 Å². The summed E-state index contributed by atoms with van der Waals surface area (Å²) in [6, 6.07) is 9.90. The summed E-state index contributed by atoms with van der Waals surface area (Å²) in [5.74, 6) is 0.817. The van der Waals surface area contributed by atoms with Crippen molar-refractivity contribution >= 4 is 26.5 Å². The van der Waals surface area contributed by atoms with E-state index in [0.717, 1.165) is 42.1 Å². The smallest absolute Gasteiger partial charge is 0.152 e. The number of benzene rings is 1. The van der Waals surface area contributed by atoms with Crippen molar-refractivity contribution < 1.29 is 13.2 Å². The van der Waals surface area contributed by atoms with Gasteiger partial charge in [0, 0.05) is 23.9 Å². The molecule has 5 heteroatoms. The van der Waals surface area contributed by atoms with Crippen molar-refractivity contribution in [2.75, 3.05) is 5.75 Å². The average molecular weight is 374 g/mol. The Morgan fingerprint density at radius 2 is 1.88 bits per heavy atom. The van der Waals surface area contributed by atoms with Gasteiger partial charge >= 0.3 is 0 Å². The molecule has 1 heterocycles. The summed E-state index contributed by atoms with van der Waals surface area (Å²) < 4.78 is 24.2. The van der Waals surface area contributed by atoms with E-state index >= 15 is 0 Å². The molecule has 1 aliphatic rings. The number of rotatable bonds is 6. The summed E-state index contributed by atoms with van der Waals surface area (Å²) >= 11 is 0. The number of aromatic nitrogens is 1. The van der Waals surface area contributed by atoms with Gasteiger partial charge in [0.15, 0.2) is 9.84 Å². The molecule has 1 fully saturated rings. The van der Waals surface area contributed by atoms with Crippen LogP contribution >= 0.6 is 0 Å². The van der Waals surface area contributed by atoms with Crippen LogP contribution in [0.25, 0.3) is 10.9 Å². The second-order valence-electron chi connectivity index (χ2n) is 7.77. The number of ketones is 1. The Hall–Kier alpha value is -1.75. The van der Waals surface area contributed by atoms with E-state index in [0.29, 0.717) is 6.42 Å². The molecule has 1 saturated carbocycles. The normalized spacial score (nSPS) is 21.2. The molecular formula is C21H27NO3S. The number of Topliss-reactive ketones (excluding diaryl/α,β-unsaturated/α-hetero) is 1. The van der Waals surface area contributed by atoms with Crippen molar-refractivity contribution in [3.8, 4) is 0 Å². The van der Waals surface area contributed by atoms with Crippen LogP contribution in [0.15, 0.2) is 36.5 Å². The van der Waals surface area contributed by atoms with Gasteiger partial charge in [-0.15, -0.1) is 0 Å². The molecule has 1 aromatic heterocycles. The monoisotopic (exact) mass is 373 g/mol. The van der Waals surface area contributed by atoms with Gasteiger partial charge < -0.3 is 0 Å². The van der Waals surface area contributed by atoms with E-state index in [4.69, 9.17) is 0 Å². The number of hydrogen-bond donors (Lipinski definition) is 0. The molecule has 2 aromatic rings. The molecule has 0 spiro atoms. The van der Waals surface area contributed by atoms with E-state index < -0.39 is 9.84 Å². The Labute approximate surface area is 155 Å². The van der Waals surface area contributed by atoms with Crippen molar-refractivity contribution in [2.45, 2.75) is 51.2 Å². The zero-order valence-electron chi connectivity index (χ0n) is 15.5. The van der Waals surface area contributed by atoms with Gasteiger partial charge in [0.05, 0.1) is 16.5 Å². The topological polar surface area (TPSA) is 64.1 Å². The maximum absolute atomic E-state index is 12.7. The van der Waals surface area contributed by atoms with E-state index in [1.807, 2.05) is 30.3 Å².